The zero-order chi connectivity index (χ0) is 13.4. The van der Waals surface area contributed by atoms with E-state index in [0.717, 1.165) is 11.1 Å². The summed E-state index contributed by atoms with van der Waals surface area (Å²) in [6.07, 6.45) is 0. The summed E-state index contributed by atoms with van der Waals surface area (Å²) in [5.41, 5.74) is 12.9. The Kier molecular flexibility index (Phi) is 6.35. The molecule has 1 unspecified atom stereocenters. The molecule has 0 saturated heterocycles. The van der Waals surface area contributed by atoms with Crippen LogP contribution >= 0.6 is 0 Å². The lowest BCUT2D eigenvalue weighted by atomic mass is 10.1. The first-order valence-electron chi connectivity index (χ1n) is 6.05. The van der Waals surface area contributed by atoms with Gasteiger partial charge in [0.2, 0.25) is 5.91 Å². The molecule has 18 heavy (non-hydrogen) atoms. The number of amides is 1. The van der Waals surface area contributed by atoms with Gasteiger partial charge in [-0.25, -0.2) is 0 Å². The van der Waals surface area contributed by atoms with E-state index in [1.54, 1.807) is 0 Å². The average molecular weight is 251 g/mol. The Balaban J connectivity index is 2.48. The van der Waals surface area contributed by atoms with Crippen LogP contribution in [0.5, 0.6) is 0 Å². The molecule has 0 aliphatic carbocycles. The molecule has 0 spiro atoms. The van der Waals surface area contributed by atoms with Crippen LogP contribution in [0.4, 0.5) is 0 Å². The van der Waals surface area contributed by atoms with Crippen molar-refractivity contribution in [1.82, 2.24) is 5.32 Å². The minimum atomic E-state index is -0.649. The average Bonchev–Trinajstić information content (AvgIpc) is 2.37. The van der Waals surface area contributed by atoms with Crippen molar-refractivity contribution in [3.05, 3.63) is 35.4 Å². The van der Waals surface area contributed by atoms with E-state index in [1.165, 1.54) is 0 Å². The molecule has 5 nitrogen and oxygen atoms in total. The van der Waals surface area contributed by atoms with Crippen molar-refractivity contribution < 1.29 is 9.53 Å². The Bertz CT molecular complexity index is 382. The third kappa shape index (κ3) is 4.83. The monoisotopic (exact) mass is 251 g/mol. The van der Waals surface area contributed by atoms with Gasteiger partial charge in [0.15, 0.2) is 0 Å². The number of benzene rings is 1. The third-order valence-electron chi connectivity index (χ3n) is 2.63. The molecule has 0 bridgehead atoms. The molecule has 1 aromatic carbocycles. The van der Waals surface area contributed by atoms with Crippen molar-refractivity contribution in [1.29, 1.82) is 0 Å². The molecule has 0 aliphatic heterocycles. The zero-order valence-electron chi connectivity index (χ0n) is 10.7. The second-order valence-electron chi connectivity index (χ2n) is 4.05. The van der Waals surface area contributed by atoms with Crippen molar-refractivity contribution >= 4 is 5.91 Å². The van der Waals surface area contributed by atoms with E-state index >= 15 is 0 Å². The van der Waals surface area contributed by atoms with Gasteiger partial charge in [0.1, 0.15) is 0 Å². The summed E-state index contributed by atoms with van der Waals surface area (Å²) >= 11 is 0. The van der Waals surface area contributed by atoms with Crippen molar-refractivity contribution in [2.75, 3.05) is 13.2 Å². The van der Waals surface area contributed by atoms with Gasteiger partial charge in [0.05, 0.1) is 12.6 Å². The summed E-state index contributed by atoms with van der Waals surface area (Å²) in [4.78, 5) is 10.8. The number of carbonyl (C=O) groups excluding carboxylic acids is 1. The maximum absolute atomic E-state index is 10.8. The number of nitrogens with one attached hydrogen (secondary N) is 1. The van der Waals surface area contributed by atoms with Crippen LogP contribution in [0.3, 0.4) is 0 Å². The summed E-state index contributed by atoms with van der Waals surface area (Å²) in [5, 5.41) is 3.12. The van der Waals surface area contributed by atoms with Crippen LogP contribution in [0.25, 0.3) is 0 Å². The van der Waals surface area contributed by atoms with E-state index in [-0.39, 0.29) is 0 Å². The van der Waals surface area contributed by atoms with Crippen LogP contribution in [0.2, 0.25) is 0 Å². The van der Waals surface area contributed by atoms with Crippen molar-refractivity contribution in [2.45, 2.75) is 26.1 Å². The van der Waals surface area contributed by atoms with E-state index in [4.69, 9.17) is 16.2 Å². The van der Waals surface area contributed by atoms with Gasteiger partial charge in [0, 0.05) is 19.7 Å². The highest BCUT2D eigenvalue weighted by Gasteiger charge is 2.08. The smallest absolute Gasteiger partial charge is 0.235 e. The number of nitrogens with two attached hydrogens (primary N) is 2. The largest absolute Gasteiger partial charge is 0.377 e. The Morgan fingerprint density at radius 3 is 2.67 bits per heavy atom. The molecule has 0 fully saturated rings. The van der Waals surface area contributed by atoms with Gasteiger partial charge in [-0.1, -0.05) is 24.3 Å². The standard InChI is InChI=1S/C13H21N3O2/c1-2-18-9-11-6-4-3-5-10(11)7-16-8-12(14)13(15)17/h3-6,12,16H,2,7-9,14H2,1H3,(H2,15,17). The Hall–Kier alpha value is -1.43. The molecule has 1 rings (SSSR count). The lowest BCUT2D eigenvalue weighted by Gasteiger charge is -2.12. The minimum Gasteiger partial charge on any atom is -0.377 e. The summed E-state index contributed by atoms with van der Waals surface area (Å²) in [6.45, 7) is 4.26. The van der Waals surface area contributed by atoms with E-state index in [0.29, 0.717) is 26.3 Å². The molecule has 0 heterocycles. The van der Waals surface area contributed by atoms with Gasteiger partial charge in [-0.05, 0) is 18.1 Å². The molecule has 1 atom stereocenters. The highest BCUT2D eigenvalue weighted by Crippen LogP contribution is 2.09. The predicted molar refractivity (Wildman–Crippen MR) is 70.6 cm³/mol. The molecule has 0 radical (unpaired) electrons. The third-order valence-corrected chi connectivity index (χ3v) is 2.63. The fraction of sp³-hybridized carbons (Fsp3) is 0.462. The predicted octanol–water partition coefficient (Wildman–Crippen LogP) is 0.125. The summed E-state index contributed by atoms with van der Waals surface area (Å²) < 4.78 is 5.40. The number of hydrogen-bond donors (Lipinski definition) is 3. The molecule has 1 aromatic rings. The minimum absolute atomic E-state index is 0.373. The molecule has 0 aliphatic rings. The fourth-order valence-electron chi connectivity index (χ4n) is 1.55. The first-order valence-corrected chi connectivity index (χ1v) is 6.05. The lowest BCUT2D eigenvalue weighted by molar-refractivity contribution is -0.119. The van der Waals surface area contributed by atoms with E-state index in [9.17, 15) is 4.79 Å². The second-order valence-corrected chi connectivity index (χ2v) is 4.05. The van der Waals surface area contributed by atoms with Crippen molar-refractivity contribution in [2.24, 2.45) is 11.5 Å². The molecule has 0 aromatic heterocycles. The van der Waals surface area contributed by atoms with Crippen LogP contribution in [-0.2, 0) is 22.7 Å². The lowest BCUT2D eigenvalue weighted by Crippen LogP contribution is -2.44. The molecular weight excluding hydrogens is 230 g/mol. The molecule has 1 amide bonds. The quantitative estimate of drug-likeness (QED) is 0.612. The Labute approximate surface area is 107 Å². The summed E-state index contributed by atoms with van der Waals surface area (Å²) in [7, 11) is 0. The number of primary amides is 1. The molecule has 100 valence electrons. The first kappa shape index (κ1) is 14.6. The van der Waals surface area contributed by atoms with E-state index in [2.05, 4.69) is 5.32 Å². The molecular formula is C13H21N3O2. The van der Waals surface area contributed by atoms with Gasteiger partial charge < -0.3 is 21.5 Å². The van der Waals surface area contributed by atoms with Crippen molar-refractivity contribution in [3.63, 3.8) is 0 Å². The van der Waals surface area contributed by atoms with Crippen LogP contribution < -0.4 is 16.8 Å². The van der Waals surface area contributed by atoms with Gasteiger partial charge >= 0.3 is 0 Å². The number of rotatable bonds is 8. The first-order chi connectivity index (χ1) is 8.65. The maximum atomic E-state index is 10.8. The van der Waals surface area contributed by atoms with Gasteiger partial charge in [-0.2, -0.15) is 0 Å². The topological polar surface area (TPSA) is 90.4 Å². The second kappa shape index (κ2) is 7.81. The van der Waals surface area contributed by atoms with Gasteiger partial charge in [0.25, 0.3) is 0 Å². The Morgan fingerprint density at radius 1 is 1.39 bits per heavy atom. The highest BCUT2D eigenvalue weighted by atomic mass is 16.5. The molecule has 5 heteroatoms. The number of ether oxygens (including phenoxy) is 1. The van der Waals surface area contributed by atoms with Crippen LogP contribution in [-0.4, -0.2) is 25.1 Å². The van der Waals surface area contributed by atoms with Crippen LogP contribution in [0.15, 0.2) is 24.3 Å². The summed E-state index contributed by atoms with van der Waals surface area (Å²) in [6, 6.07) is 7.36. The summed E-state index contributed by atoms with van der Waals surface area (Å²) in [5.74, 6) is -0.495. The van der Waals surface area contributed by atoms with Crippen molar-refractivity contribution in [3.8, 4) is 0 Å². The SMILES string of the molecule is CCOCc1ccccc1CNCC(N)C(N)=O. The van der Waals surface area contributed by atoms with Gasteiger partial charge in [-0.3, -0.25) is 4.79 Å². The van der Waals surface area contributed by atoms with Crippen LogP contribution in [0, 0.1) is 0 Å². The van der Waals surface area contributed by atoms with Crippen LogP contribution in [0.1, 0.15) is 18.1 Å². The normalized spacial score (nSPS) is 12.3. The number of carbonyl (C=O) groups is 1. The fourth-order valence-corrected chi connectivity index (χ4v) is 1.55. The molecule has 5 N–H and O–H groups in total. The number of hydrogen-bond acceptors (Lipinski definition) is 4. The highest BCUT2D eigenvalue weighted by molar-refractivity contribution is 5.79. The maximum Gasteiger partial charge on any atom is 0.235 e. The Morgan fingerprint density at radius 2 is 2.06 bits per heavy atom. The molecule has 0 saturated carbocycles. The van der Waals surface area contributed by atoms with E-state index < -0.39 is 11.9 Å². The van der Waals surface area contributed by atoms with E-state index in [1.807, 2.05) is 31.2 Å². The van der Waals surface area contributed by atoms with Gasteiger partial charge in [-0.15, -0.1) is 0 Å². The zero-order valence-corrected chi connectivity index (χ0v) is 10.7.